The highest BCUT2D eigenvalue weighted by Gasteiger charge is 2.07. The minimum atomic E-state index is -0.00203. The number of ketones is 1. The molecule has 0 spiro atoms. The zero-order valence-corrected chi connectivity index (χ0v) is 12.5. The van der Waals surface area contributed by atoms with Crippen molar-refractivity contribution in [2.45, 2.75) is 13.8 Å². The predicted octanol–water partition coefficient (Wildman–Crippen LogP) is 3.58. The summed E-state index contributed by atoms with van der Waals surface area (Å²) in [6.45, 7) is 4.94. The Morgan fingerprint density at radius 2 is 1.71 bits per heavy atom. The Morgan fingerprint density at radius 1 is 0.952 bits per heavy atom. The van der Waals surface area contributed by atoms with Crippen LogP contribution in [0.15, 0.2) is 48.5 Å². The first-order valence-corrected chi connectivity index (χ1v) is 7.03. The molecule has 0 N–H and O–H groups in total. The number of hydrogen-bond acceptors (Lipinski definition) is 3. The summed E-state index contributed by atoms with van der Waals surface area (Å²) in [4.78, 5) is 12.0. The summed E-state index contributed by atoms with van der Waals surface area (Å²) in [5.74, 6) is 0.805. The number of aryl methyl sites for hydroxylation is 2. The Kier molecular flexibility index (Phi) is 5.52. The van der Waals surface area contributed by atoms with E-state index in [4.69, 9.17) is 9.47 Å². The third-order valence-electron chi connectivity index (χ3n) is 3.30. The molecule has 2 aromatic carbocycles. The second-order valence-corrected chi connectivity index (χ2v) is 4.94. The summed E-state index contributed by atoms with van der Waals surface area (Å²) in [7, 11) is 0. The van der Waals surface area contributed by atoms with Crippen molar-refractivity contribution in [3.8, 4) is 5.75 Å². The molecule has 0 aliphatic carbocycles. The molecule has 0 aliphatic heterocycles. The van der Waals surface area contributed by atoms with Crippen LogP contribution in [0, 0.1) is 13.8 Å². The average molecular weight is 284 g/mol. The van der Waals surface area contributed by atoms with E-state index in [1.165, 1.54) is 5.56 Å². The van der Waals surface area contributed by atoms with Crippen LogP contribution < -0.4 is 4.74 Å². The quantitative estimate of drug-likeness (QED) is 0.576. The highest BCUT2D eigenvalue weighted by molar-refractivity contribution is 5.97. The maximum absolute atomic E-state index is 12.0. The molecule has 110 valence electrons. The van der Waals surface area contributed by atoms with Gasteiger partial charge in [-0.3, -0.25) is 4.79 Å². The summed E-state index contributed by atoms with van der Waals surface area (Å²) in [5.41, 5.74) is 3.00. The Morgan fingerprint density at radius 3 is 2.43 bits per heavy atom. The number of rotatable bonds is 7. The van der Waals surface area contributed by atoms with E-state index in [0.717, 1.165) is 11.3 Å². The molecule has 0 unspecified atom stereocenters. The number of carbonyl (C=O) groups excluding carboxylic acids is 1. The molecular formula is C18H20O3. The van der Waals surface area contributed by atoms with Crippen LogP contribution in [-0.2, 0) is 4.74 Å². The van der Waals surface area contributed by atoms with Crippen molar-refractivity contribution in [2.75, 3.05) is 19.8 Å². The normalized spacial score (nSPS) is 10.4. The monoisotopic (exact) mass is 284 g/mol. The smallest absolute Gasteiger partial charge is 0.188 e. The first kappa shape index (κ1) is 15.3. The summed E-state index contributed by atoms with van der Waals surface area (Å²) >= 11 is 0. The van der Waals surface area contributed by atoms with E-state index < -0.39 is 0 Å². The highest BCUT2D eigenvalue weighted by atomic mass is 16.5. The third kappa shape index (κ3) is 4.72. The van der Waals surface area contributed by atoms with Crippen LogP contribution in [0.3, 0.4) is 0 Å². The number of hydrogen-bond donors (Lipinski definition) is 0. The molecule has 0 atom stereocenters. The largest absolute Gasteiger partial charge is 0.491 e. The van der Waals surface area contributed by atoms with Gasteiger partial charge in [-0.2, -0.15) is 0 Å². The van der Waals surface area contributed by atoms with Crippen molar-refractivity contribution in [1.29, 1.82) is 0 Å². The van der Waals surface area contributed by atoms with Crippen LogP contribution >= 0.6 is 0 Å². The Labute approximate surface area is 125 Å². The SMILES string of the molecule is Cc1ccc(C(=O)COCCOc2ccccc2)cc1C. The van der Waals surface area contributed by atoms with E-state index in [2.05, 4.69) is 0 Å². The van der Waals surface area contributed by atoms with Gasteiger partial charge < -0.3 is 9.47 Å². The van der Waals surface area contributed by atoms with Crippen LogP contribution in [0.5, 0.6) is 5.75 Å². The molecular weight excluding hydrogens is 264 g/mol. The molecule has 2 rings (SSSR count). The summed E-state index contributed by atoms with van der Waals surface area (Å²) in [6, 6.07) is 15.3. The molecule has 0 saturated carbocycles. The number of ether oxygens (including phenoxy) is 2. The van der Waals surface area contributed by atoms with E-state index >= 15 is 0 Å². The molecule has 0 aliphatic rings. The summed E-state index contributed by atoms with van der Waals surface area (Å²) in [5, 5.41) is 0. The van der Waals surface area contributed by atoms with Gasteiger partial charge in [-0.1, -0.05) is 30.3 Å². The Hall–Kier alpha value is -2.13. The lowest BCUT2D eigenvalue weighted by Crippen LogP contribution is -2.14. The zero-order valence-electron chi connectivity index (χ0n) is 12.5. The molecule has 0 fully saturated rings. The maximum Gasteiger partial charge on any atom is 0.188 e. The topological polar surface area (TPSA) is 35.5 Å². The summed E-state index contributed by atoms with van der Waals surface area (Å²) in [6.07, 6.45) is 0. The van der Waals surface area contributed by atoms with E-state index in [9.17, 15) is 4.79 Å². The minimum Gasteiger partial charge on any atom is -0.491 e. The van der Waals surface area contributed by atoms with Crippen molar-refractivity contribution in [1.82, 2.24) is 0 Å². The Bertz CT molecular complexity index is 591. The van der Waals surface area contributed by atoms with Crippen LogP contribution in [0.1, 0.15) is 21.5 Å². The van der Waals surface area contributed by atoms with Gasteiger partial charge in [0.15, 0.2) is 5.78 Å². The van der Waals surface area contributed by atoms with Gasteiger partial charge in [0.1, 0.15) is 19.0 Å². The van der Waals surface area contributed by atoms with E-state index in [1.54, 1.807) is 0 Å². The number of benzene rings is 2. The van der Waals surface area contributed by atoms with Gasteiger partial charge in [0, 0.05) is 5.56 Å². The van der Waals surface area contributed by atoms with E-state index in [-0.39, 0.29) is 12.4 Å². The van der Waals surface area contributed by atoms with Crippen molar-refractivity contribution in [3.05, 3.63) is 65.2 Å². The molecule has 3 heteroatoms. The average Bonchev–Trinajstić information content (AvgIpc) is 2.50. The Balaban J connectivity index is 1.71. The lowest BCUT2D eigenvalue weighted by molar-refractivity contribution is 0.0688. The summed E-state index contributed by atoms with van der Waals surface area (Å²) < 4.78 is 10.9. The van der Waals surface area contributed by atoms with Crippen molar-refractivity contribution in [3.63, 3.8) is 0 Å². The van der Waals surface area contributed by atoms with E-state index in [1.807, 2.05) is 62.4 Å². The van der Waals surface area contributed by atoms with Crippen LogP contribution in [0.2, 0.25) is 0 Å². The number of Topliss-reactive ketones (excluding diaryl/α,β-unsaturated/α-hetero) is 1. The van der Waals surface area contributed by atoms with Gasteiger partial charge >= 0.3 is 0 Å². The molecule has 0 radical (unpaired) electrons. The fourth-order valence-electron chi connectivity index (χ4n) is 1.90. The molecule has 0 aromatic heterocycles. The molecule has 0 saturated heterocycles. The maximum atomic E-state index is 12.0. The molecule has 21 heavy (non-hydrogen) atoms. The van der Waals surface area contributed by atoms with Gasteiger partial charge in [0.2, 0.25) is 0 Å². The fourth-order valence-corrected chi connectivity index (χ4v) is 1.90. The first-order valence-electron chi connectivity index (χ1n) is 7.03. The lowest BCUT2D eigenvalue weighted by atomic mass is 10.0. The van der Waals surface area contributed by atoms with Gasteiger partial charge in [-0.15, -0.1) is 0 Å². The molecule has 0 heterocycles. The third-order valence-corrected chi connectivity index (χ3v) is 3.30. The van der Waals surface area contributed by atoms with E-state index in [0.29, 0.717) is 18.8 Å². The van der Waals surface area contributed by atoms with Crippen LogP contribution in [-0.4, -0.2) is 25.6 Å². The molecule has 3 nitrogen and oxygen atoms in total. The lowest BCUT2D eigenvalue weighted by Gasteiger charge is -2.07. The van der Waals surface area contributed by atoms with Crippen molar-refractivity contribution >= 4 is 5.78 Å². The second-order valence-electron chi connectivity index (χ2n) is 4.94. The van der Waals surface area contributed by atoms with Gasteiger partial charge in [0.25, 0.3) is 0 Å². The van der Waals surface area contributed by atoms with Crippen LogP contribution in [0.25, 0.3) is 0 Å². The van der Waals surface area contributed by atoms with Crippen molar-refractivity contribution in [2.24, 2.45) is 0 Å². The number of carbonyl (C=O) groups is 1. The molecule has 2 aromatic rings. The standard InChI is InChI=1S/C18H20O3/c1-14-8-9-16(12-15(14)2)18(19)13-20-10-11-21-17-6-4-3-5-7-17/h3-9,12H,10-11,13H2,1-2H3. The van der Waals surface area contributed by atoms with Gasteiger partial charge in [-0.05, 0) is 43.2 Å². The van der Waals surface area contributed by atoms with Crippen LogP contribution in [0.4, 0.5) is 0 Å². The fraction of sp³-hybridized carbons (Fsp3) is 0.278. The highest BCUT2D eigenvalue weighted by Crippen LogP contribution is 2.11. The van der Waals surface area contributed by atoms with Gasteiger partial charge in [0.05, 0.1) is 6.61 Å². The predicted molar refractivity (Wildman–Crippen MR) is 83.0 cm³/mol. The zero-order chi connectivity index (χ0) is 15.1. The number of para-hydroxylation sites is 1. The minimum absolute atomic E-state index is 0.00203. The molecule has 0 bridgehead atoms. The molecule has 0 amide bonds. The van der Waals surface area contributed by atoms with Gasteiger partial charge in [-0.25, -0.2) is 0 Å². The second kappa shape index (κ2) is 7.60. The van der Waals surface area contributed by atoms with Crippen molar-refractivity contribution < 1.29 is 14.3 Å². The first-order chi connectivity index (χ1) is 10.2.